The maximum atomic E-state index is 10.9. The summed E-state index contributed by atoms with van der Waals surface area (Å²) in [6.07, 6.45) is 0.150. The van der Waals surface area contributed by atoms with E-state index in [1.54, 1.807) is 24.3 Å². The monoisotopic (exact) mass is 180 g/mol. The first kappa shape index (κ1) is 9.58. The van der Waals surface area contributed by atoms with Crippen molar-refractivity contribution < 1.29 is 14.3 Å². The Morgan fingerprint density at radius 2 is 2.00 bits per heavy atom. The third-order valence-corrected chi connectivity index (χ3v) is 1.37. The summed E-state index contributed by atoms with van der Waals surface area (Å²) in [5.74, 6) is 0.503. The normalized spacial score (nSPS) is 9.31. The van der Waals surface area contributed by atoms with E-state index in [0.29, 0.717) is 12.4 Å². The van der Waals surface area contributed by atoms with Gasteiger partial charge in [-0.2, -0.15) is 0 Å². The van der Waals surface area contributed by atoms with Crippen LogP contribution in [0.3, 0.4) is 0 Å². The number of hydrogen-bond donors (Lipinski definition) is 0. The van der Waals surface area contributed by atoms with Crippen molar-refractivity contribution in [1.82, 2.24) is 0 Å². The minimum absolute atomic E-state index is 0.395. The summed E-state index contributed by atoms with van der Waals surface area (Å²) in [4.78, 5) is 10.9. The smallest absolute Gasteiger partial charge is 0.434 e. The van der Waals surface area contributed by atoms with E-state index in [2.05, 4.69) is 0 Å². The van der Waals surface area contributed by atoms with Crippen LogP contribution in [0.15, 0.2) is 30.3 Å². The van der Waals surface area contributed by atoms with E-state index in [1.165, 1.54) is 0 Å². The molecule has 0 aliphatic rings. The fraction of sp³-hybridized carbons (Fsp3) is 0.300. The average Bonchev–Trinajstić information content (AvgIpc) is 2.16. The van der Waals surface area contributed by atoms with Gasteiger partial charge in [0, 0.05) is 0 Å². The molecule has 0 unspecified atom stereocenters. The second-order valence-corrected chi connectivity index (χ2v) is 2.51. The van der Waals surface area contributed by atoms with Gasteiger partial charge >= 0.3 is 6.16 Å². The number of para-hydroxylation sites is 1. The molecule has 0 bridgehead atoms. The summed E-state index contributed by atoms with van der Waals surface area (Å²) in [6, 6.07) is 8.84. The lowest BCUT2D eigenvalue weighted by Crippen LogP contribution is -2.10. The molecule has 0 aliphatic heterocycles. The first-order valence-electron chi connectivity index (χ1n) is 4.22. The van der Waals surface area contributed by atoms with E-state index in [-0.39, 0.29) is 0 Å². The van der Waals surface area contributed by atoms with Crippen molar-refractivity contribution >= 4 is 6.16 Å². The van der Waals surface area contributed by atoms with E-state index in [1.807, 2.05) is 13.0 Å². The lowest BCUT2D eigenvalue weighted by atomic mass is 10.3. The van der Waals surface area contributed by atoms with Crippen LogP contribution in [0, 0.1) is 0 Å². The molecule has 0 radical (unpaired) electrons. The van der Waals surface area contributed by atoms with Gasteiger partial charge in [0.05, 0.1) is 6.61 Å². The van der Waals surface area contributed by atoms with Gasteiger partial charge in [0.1, 0.15) is 5.75 Å². The highest BCUT2D eigenvalue weighted by atomic mass is 16.7. The number of hydrogen-bond acceptors (Lipinski definition) is 3. The van der Waals surface area contributed by atoms with Crippen LogP contribution in [0.2, 0.25) is 0 Å². The minimum Gasteiger partial charge on any atom is -0.434 e. The fourth-order valence-electron chi connectivity index (χ4n) is 0.800. The van der Waals surface area contributed by atoms with Gasteiger partial charge in [-0.3, -0.25) is 0 Å². The standard InChI is InChI=1S/C10H12O3/c1-2-8-12-10(11)13-9-6-4-3-5-7-9/h3-7H,2,8H2,1H3. The van der Waals surface area contributed by atoms with Crippen molar-refractivity contribution in [3.8, 4) is 5.75 Å². The molecule has 0 saturated heterocycles. The van der Waals surface area contributed by atoms with Gasteiger partial charge in [-0.25, -0.2) is 4.79 Å². The molecule has 0 amide bonds. The maximum absolute atomic E-state index is 10.9. The summed E-state index contributed by atoms with van der Waals surface area (Å²) < 4.78 is 9.59. The predicted octanol–water partition coefficient (Wildman–Crippen LogP) is 2.61. The molecule has 70 valence electrons. The zero-order chi connectivity index (χ0) is 9.52. The Balaban J connectivity index is 2.37. The van der Waals surface area contributed by atoms with Crippen LogP contribution >= 0.6 is 0 Å². The fourth-order valence-corrected chi connectivity index (χ4v) is 0.800. The Morgan fingerprint density at radius 1 is 1.31 bits per heavy atom. The summed E-state index contributed by atoms with van der Waals surface area (Å²) in [5.41, 5.74) is 0. The molecule has 0 atom stereocenters. The highest BCUT2D eigenvalue weighted by Gasteiger charge is 2.03. The third kappa shape index (κ3) is 3.60. The molecule has 1 aromatic rings. The second kappa shape index (κ2) is 5.19. The summed E-state index contributed by atoms with van der Waals surface area (Å²) in [5, 5.41) is 0. The van der Waals surface area contributed by atoms with Crippen molar-refractivity contribution in [3.63, 3.8) is 0 Å². The van der Waals surface area contributed by atoms with Gasteiger partial charge in [0.15, 0.2) is 0 Å². The Hall–Kier alpha value is -1.51. The topological polar surface area (TPSA) is 35.5 Å². The Bertz CT molecular complexity index is 256. The second-order valence-electron chi connectivity index (χ2n) is 2.51. The third-order valence-electron chi connectivity index (χ3n) is 1.37. The highest BCUT2D eigenvalue weighted by Crippen LogP contribution is 2.08. The summed E-state index contributed by atoms with van der Waals surface area (Å²) in [7, 11) is 0. The van der Waals surface area contributed by atoms with Crippen molar-refractivity contribution in [2.45, 2.75) is 13.3 Å². The van der Waals surface area contributed by atoms with Crippen LogP contribution in [0.5, 0.6) is 5.75 Å². The SMILES string of the molecule is CCCOC(=O)Oc1ccccc1. The van der Waals surface area contributed by atoms with Gasteiger partial charge in [-0.15, -0.1) is 0 Å². The van der Waals surface area contributed by atoms with Crippen LogP contribution < -0.4 is 4.74 Å². The van der Waals surface area contributed by atoms with Crippen molar-refractivity contribution in [2.75, 3.05) is 6.61 Å². The molecule has 0 spiro atoms. The van der Waals surface area contributed by atoms with Crippen LogP contribution in [-0.4, -0.2) is 12.8 Å². The Kier molecular flexibility index (Phi) is 3.82. The largest absolute Gasteiger partial charge is 0.513 e. The van der Waals surface area contributed by atoms with Crippen LogP contribution in [0.1, 0.15) is 13.3 Å². The molecule has 1 rings (SSSR count). The molecule has 3 nitrogen and oxygen atoms in total. The summed E-state index contributed by atoms with van der Waals surface area (Å²) in [6.45, 7) is 2.32. The molecular formula is C10H12O3. The molecule has 1 aromatic carbocycles. The molecule has 3 heteroatoms. The first-order chi connectivity index (χ1) is 6.33. The lowest BCUT2D eigenvalue weighted by molar-refractivity contribution is 0.0992. The maximum Gasteiger partial charge on any atom is 0.513 e. The van der Waals surface area contributed by atoms with Crippen LogP contribution in [-0.2, 0) is 4.74 Å². The molecule has 13 heavy (non-hydrogen) atoms. The average molecular weight is 180 g/mol. The zero-order valence-electron chi connectivity index (χ0n) is 7.53. The zero-order valence-corrected chi connectivity index (χ0v) is 7.53. The Morgan fingerprint density at radius 3 is 2.62 bits per heavy atom. The van der Waals surface area contributed by atoms with Gasteiger partial charge in [-0.1, -0.05) is 25.1 Å². The molecule has 0 N–H and O–H groups in total. The number of rotatable bonds is 3. The van der Waals surface area contributed by atoms with Gasteiger partial charge in [0.25, 0.3) is 0 Å². The quantitative estimate of drug-likeness (QED) is 0.529. The lowest BCUT2D eigenvalue weighted by Gasteiger charge is -2.03. The Labute approximate surface area is 77.3 Å². The molecule has 0 saturated carbocycles. The molecule has 0 fully saturated rings. The number of ether oxygens (including phenoxy) is 2. The first-order valence-corrected chi connectivity index (χ1v) is 4.22. The van der Waals surface area contributed by atoms with Crippen molar-refractivity contribution in [1.29, 1.82) is 0 Å². The van der Waals surface area contributed by atoms with E-state index in [9.17, 15) is 4.79 Å². The van der Waals surface area contributed by atoms with E-state index in [4.69, 9.17) is 9.47 Å². The van der Waals surface area contributed by atoms with Crippen molar-refractivity contribution in [3.05, 3.63) is 30.3 Å². The van der Waals surface area contributed by atoms with E-state index < -0.39 is 6.16 Å². The van der Waals surface area contributed by atoms with Gasteiger partial charge < -0.3 is 9.47 Å². The summed E-state index contributed by atoms with van der Waals surface area (Å²) >= 11 is 0. The molecule has 0 aromatic heterocycles. The highest BCUT2D eigenvalue weighted by molar-refractivity contribution is 5.63. The minimum atomic E-state index is -0.645. The van der Waals surface area contributed by atoms with Gasteiger partial charge in [-0.05, 0) is 18.6 Å². The number of carbonyl (C=O) groups is 1. The molecule has 0 aliphatic carbocycles. The molecule has 0 heterocycles. The van der Waals surface area contributed by atoms with E-state index in [0.717, 1.165) is 6.42 Å². The van der Waals surface area contributed by atoms with Gasteiger partial charge in [0.2, 0.25) is 0 Å². The number of carbonyl (C=O) groups excluding carboxylic acids is 1. The van der Waals surface area contributed by atoms with Crippen LogP contribution in [0.25, 0.3) is 0 Å². The van der Waals surface area contributed by atoms with Crippen LogP contribution in [0.4, 0.5) is 4.79 Å². The van der Waals surface area contributed by atoms with E-state index >= 15 is 0 Å². The number of benzene rings is 1. The molecular weight excluding hydrogens is 168 g/mol. The van der Waals surface area contributed by atoms with Crippen molar-refractivity contribution in [2.24, 2.45) is 0 Å². The predicted molar refractivity (Wildman–Crippen MR) is 48.7 cm³/mol.